The van der Waals surface area contributed by atoms with Gasteiger partial charge >= 0.3 is 10.1 Å². The lowest BCUT2D eigenvalue weighted by Gasteiger charge is -2.01. The summed E-state index contributed by atoms with van der Waals surface area (Å²) in [6, 6.07) is 19.1. The number of rotatable bonds is 3. The maximum absolute atomic E-state index is 12.2. The minimum Gasteiger partial charge on any atom is -0.176 e. The molecule has 0 spiro atoms. The standard InChI is InChI=1S/C15H12NO3S/c17-20(18,14-9-2-1-3-10-14)19-16-12-6-8-13-7-4-5-11-15(13)16/h1-12H/q+1. The highest BCUT2D eigenvalue weighted by Crippen LogP contribution is 2.10. The molecule has 4 nitrogen and oxygen atoms in total. The summed E-state index contributed by atoms with van der Waals surface area (Å²) in [4.78, 5) is 0.125. The normalized spacial score (nSPS) is 11.4. The van der Waals surface area contributed by atoms with Crippen LogP contribution in [0.5, 0.6) is 0 Å². The summed E-state index contributed by atoms with van der Waals surface area (Å²) in [6.07, 6.45) is 1.57. The number of nitrogens with zero attached hydrogens (tertiary/aromatic N) is 1. The SMILES string of the molecule is O=S(=O)(O[n+]1cccc2ccccc21)c1ccccc1. The first-order valence-corrected chi connectivity index (χ1v) is 7.47. The summed E-state index contributed by atoms with van der Waals surface area (Å²) >= 11 is 0. The second-order valence-electron chi connectivity index (χ2n) is 4.23. The van der Waals surface area contributed by atoms with E-state index < -0.39 is 10.1 Å². The Kier molecular flexibility index (Phi) is 3.12. The zero-order valence-electron chi connectivity index (χ0n) is 10.5. The number of aromatic nitrogens is 1. The molecule has 0 saturated carbocycles. The van der Waals surface area contributed by atoms with E-state index in [0.29, 0.717) is 5.52 Å². The van der Waals surface area contributed by atoms with Crippen LogP contribution in [0.3, 0.4) is 0 Å². The largest absolute Gasteiger partial charge is 0.396 e. The average molecular weight is 286 g/mol. The van der Waals surface area contributed by atoms with Crippen LogP contribution >= 0.6 is 0 Å². The Hall–Kier alpha value is -2.40. The van der Waals surface area contributed by atoms with E-state index in [4.69, 9.17) is 4.28 Å². The van der Waals surface area contributed by atoms with E-state index in [1.165, 1.54) is 16.9 Å². The third-order valence-corrected chi connectivity index (χ3v) is 4.09. The van der Waals surface area contributed by atoms with Gasteiger partial charge in [-0.3, -0.25) is 0 Å². The number of fused-ring (bicyclic) bond motifs is 1. The molecule has 0 saturated heterocycles. The maximum atomic E-state index is 12.2. The van der Waals surface area contributed by atoms with Crippen molar-refractivity contribution in [1.29, 1.82) is 0 Å². The van der Waals surface area contributed by atoms with Gasteiger partial charge in [-0.1, -0.05) is 30.3 Å². The topological polar surface area (TPSA) is 47.3 Å². The lowest BCUT2D eigenvalue weighted by molar-refractivity contribution is -0.835. The molecule has 0 fully saturated rings. The van der Waals surface area contributed by atoms with Gasteiger partial charge in [-0.25, -0.2) is 0 Å². The first-order valence-electron chi connectivity index (χ1n) is 6.06. The number of pyridine rings is 1. The molecule has 0 aliphatic carbocycles. The minimum atomic E-state index is -3.84. The van der Waals surface area contributed by atoms with Crippen LogP contribution in [0.2, 0.25) is 0 Å². The van der Waals surface area contributed by atoms with Crippen molar-refractivity contribution in [2.24, 2.45) is 0 Å². The van der Waals surface area contributed by atoms with Gasteiger partial charge in [0.25, 0.3) is 5.52 Å². The Bertz CT molecular complexity index is 840. The number of hydrogen-bond donors (Lipinski definition) is 0. The fourth-order valence-electron chi connectivity index (χ4n) is 1.94. The molecule has 1 heterocycles. The molecule has 5 heteroatoms. The molecule has 0 unspecified atom stereocenters. The lowest BCUT2D eigenvalue weighted by Crippen LogP contribution is -2.45. The van der Waals surface area contributed by atoms with Crippen molar-refractivity contribution in [3.8, 4) is 0 Å². The van der Waals surface area contributed by atoms with Crippen LogP contribution in [-0.2, 0) is 10.1 Å². The minimum absolute atomic E-state index is 0.125. The highest BCUT2D eigenvalue weighted by Gasteiger charge is 2.23. The fourth-order valence-corrected chi connectivity index (χ4v) is 2.85. The highest BCUT2D eigenvalue weighted by molar-refractivity contribution is 7.86. The van der Waals surface area contributed by atoms with E-state index in [2.05, 4.69) is 0 Å². The van der Waals surface area contributed by atoms with Crippen molar-refractivity contribution in [3.05, 3.63) is 72.9 Å². The maximum Gasteiger partial charge on any atom is 0.396 e. The van der Waals surface area contributed by atoms with Crippen LogP contribution in [0.1, 0.15) is 0 Å². The van der Waals surface area contributed by atoms with E-state index in [1.54, 1.807) is 36.5 Å². The van der Waals surface area contributed by atoms with Crippen molar-refractivity contribution >= 4 is 21.0 Å². The molecule has 0 radical (unpaired) electrons. The molecule has 20 heavy (non-hydrogen) atoms. The Balaban J connectivity index is 2.06. The molecule has 2 aromatic carbocycles. The van der Waals surface area contributed by atoms with E-state index in [-0.39, 0.29) is 4.90 Å². The monoisotopic (exact) mass is 286 g/mol. The summed E-state index contributed by atoms with van der Waals surface area (Å²) in [6.45, 7) is 0. The van der Waals surface area contributed by atoms with Gasteiger partial charge in [-0.05, 0) is 24.3 Å². The molecule has 0 atom stereocenters. The first kappa shape index (κ1) is 12.6. The number of hydrogen-bond acceptors (Lipinski definition) is 3. The summed E-state index contributed by atoms with van der Waals surface area (Å²) in [5.74, 6) is 0. The smallest absolute Gasteiger partial charge is 0.176 e. The van der Waals surface area contributed by atoms with Crippen molar-refractivity contribution in [2.75, 3.05) is 0 Å². The lowest BCUT2D eigenvalue weighted by atomic mass is 10.2. The Morgan fingerprint density at radius 2 is 1.45 bits per heavy atom. The summed E-state index contributed by atoms with van der Waals surface area (Å²) in [7, 11) is -3.84. The molecule has 0 amide bonds. The molecule has 0 N–H and O–H groups in total. The predicted octanol–water partition coefficient (Wildman–Crippen LogP) is 1.94. The molecule has 0 aliphatic rings. The third kappa shape index (κ3) is 2.35. The molecule has 0 aliphatic heterocycles. The number of para-hydroxylation sites is 1. The predicted molar refractivity (Wildman–Crippen MR) is 74.4 cm³/mol. The molecular formula is C15H12NO3S+. The average Bonchev–Trinajstić information content (AvgIpc) is 2.48. The highest BCUT2D eigenvalue weighted by atomic mass is 32.2. The Morgan fingerprint density at radius 3 is 2.25 bits per heavy atom. The van der Waals surface area contributed by atoms with Gasteiger partial charge in [0, 0.05) is 16.9 Å². The van der Waals surface area contributed by atoms with Gasteiger partial charge in [-0.2, -0.15) is 8.42 Å². The quantitative estimate of drug-likeness (QED) is 0.691. The van der Waals surface area contributed by atoms with Crippen molar-refractivity contribution in [1.82, 2.24) is 0 Å². The summed E-state index contributed by atoms with van der Waals surface area (Å²) in [5.41, 5.74) is 0.689. The number of benzene rings is 2. The van der Waals surface area contributed by atoms with Gasteiger partial charge in [-0.15, -0.1) is 4.28 Å². The van der Waals surface area contributed by atoms with Crippen LogP contribution in [0.4, 0.5) is 0 Å². The van der Waals surface area contributed by atoms with Gasteiger partial charge in [0.1, 0.15) is 4.90 Å². The summed E-state index contributed by atoms with van der Waals surface area (Å²) in [5, 5.41) is 0.901. The van der Waals surface area contributed by atoms with Gasteiger partial charge < -0.3 is 0 Å². The Morgan fingerprint density at radius 1 is 0.800 bits per heavy atom. The van der Waals surface area contributed by atoms with Crippen molar-refractivity contribution < 1.29 is 17.4 Å². The molecule has 3 aromatic rings. The van der Waals surface area contributed by atoms with E-state index >= 15 is 0 Å². The molecule has 100 valence electrons. The van der Waals surface area contributed by atoms with Gasteiger partial charge in [0.2, 0.25) is 6.20 Å². The van der Waals surface area contributed by atoms with Crippen LogP contribution in [-0.4, -0.2) is 8.42 Å². The van der Waals surface area contributed by atoms with Gasteiger partial charge in [0.05, 0.1) is 5.39 Å². The van der Waals surface area contributed by atoms with Crippen molar-refractivity contribution in [3.63, 3.8) is 0 Å². The zero-order valence-corrected chi connectivity index (χ0v) is 11.3. The van der Waals surface area contributed by atoms with Crippen LogP contribution < -0.4 is 9.01 Å². The molecular weight excluding hydrogens is 274 g/mol. The van der Waals surface area contributed by atoms with Crippen LogP contribution in [0.15, 0.2) is 77.8 Å². The van der Waals surface area contributed by atoms with Crippen LogP contribution in [0.25, 0.3) is 10.9 Å². The summed E-state index contributed by atoms with van der Waals surface area (Å²) < 4.78 is 30.9. The van der Waals surface area contributed by atoms with E-state index in [0.717, 1.165) is 5.39 Å². The Labute approximate surface area is 117 Å². The van der Waals surface area contributed by atoms with Crippen LogP contribution in [0, 0.1) is 0 Å². The third-order valence-electron chi connectivity index (χ3n) is 2.88. The molecule has 3 rings (SSSR count). The fraction of sp³-hybridized carbons (Fsp3) is 0. The molecule has 1 aromatic heterocycles. The van der Waals surface area contributed by atoms with E-state index in [1.807, 2.05) is 24.3 Å². The van der Waals surface area contributed by atoms with E-state index in [9.17, 15) is 8.42 Å². The second-order valence-corrected chi connectivity index (χ2v) is 5.76. The first-order chi connectivity index (χ1) is 9.67. The second kappa shape index (κ2) is 4.94. The van der Waals surface area contributed by atoms with Crippen molar-refractivity contribution in [2.45, 2.75) is 4.90 Å². The molecule has 0 bridgehead atoms. The zero-order chi connectivity index (χ0) is 14.0. The van der Waals surface area contributed by atoms with Gasteiger partial charge in [0.15, 0.2) is 0 Å².